The number of pyridine rings is 1. The fraction of sp³-hybridized carbons (Fsp3) is 0.200. The molecule has 0 spiro atoms. The van der Waals surface area contributed by atoms with Crippen LogP contribution in [-0.2, 0) is 0 Å². The molecule has 1 aromatic carbocycles. The van der Waals surface area contributed by atoms with E-state index in [1.165, 1.54) is 0 Å². The topological polar surface area (TPSA) is 39.2 Å². The highest BCUT2D eigenvalue weighted by molar-refractivity contribution is 6.10. The number of benzene rings is 1. The van der Waals surface area contributed by atoms with E-state index in [-0.39, 0.29) is 11.9 Å². The third-order valence-corrected chi connectivity index (χ3v) is 2.44. The molecule has 0 saturated carbocycles. The van der Waals surface area contributed by atoms with Crippen molar-refractivity contribution in [2.45, 2.75) is 20.0 Å². The summed E-state index contributed by atoms with van der Waals surface area (Å²) in [4.78, 5) is 16.2. The summed E-state index contributed by atoms with van der Waals surface area (Å²) < 4.78 is 5.65. The summed E-state index contributed by atoms with van der Waals surface area (Å²) in [5.74, 6) is 0.572. The SMILES string of the molecule is CC(C)Oc1ccccc1C(=O)c1ccncc1. The average Bonchev–Trinajstić information content (AvgIpc) is 2.39. The first-order chi connectivity index (χ1) is 8.68. The number of carbonyl (C=O) groups is 1. The molecule has 0 radical (unpaired) electrons. The Bertz CT molecular complexity index is 535. The van der Waals surface area contributed by atoms with Gasteiger partial charge >= 0.3 is 0 Å². The maximum absolute atomic E-state index is 12.3. The molecule has 1 aromatic heterocycles. The van der Waals surface area contributed by atoms with E-state index in [0.717, 1.165) is 0 Å². The van der Waals surface area contributed by atoms with Crippen molar-refractivity contribution in [1.29, 1.82) is 0 Å². The highest BCUT2D eigenvalue weighted by Crippen LogP contribution is 2.22. The Labute approximate surface area is 106 Å². The van der Waals surface area contributed by atoms with Crippen molar-refractivity contribution in [2.75, 3.05) is 0 Å². The first kappa shape index (κ1) is 12.3. The lowest BCUT2D eigenvalue weighted by Crippen LogP contribution is -2.10. The van der Waals surface area contributed by atoms with Crippen molar-refractivity contribution < 1.29 is 9.53 Å². The first-order valence-electron chi connectivity index (χ1n) is 5.89. The van der Waals surface area contributed by atoms with E-state index < -0.39 is 0 Å². The molecule has 0 aliphatic carbocycles. The van der Waals surface area contributed by atoms with Crippen LogP contribution in [0.3, 0.4) is 0 Å². The normalized spacial score (nSPS) is 10.4. The van der Waals surface area contributed by atoms with Crippen LogP contribution in [0.15, 0.2) is 48.8 Å². The minimum atomic E-state index is -0.0475. The standard InChI is InChI=1S/C15H15NO2/c1-11(2)18-14-6-4-3-5-13(14)15(17)12-7-9-16-10-8-12/h3-11H,1-2H3. The number of hydrogen-bond donors (Lipinski definition) is 0. The minimum Gasteiger partial charge on any atom is -0.490 e. The molecule has 18 heavy (non-hydrogen) atoms. The zero-order valence-corrected chi connectivity index (χ0v) is 10.5. The monoisotopic (exact) mass is 241 g/mol. The van der Waals surface area contributed by atoms with Gasteiger partial charge in [-0.1, -0.05) is 12.1 Å². The van der Waals surface area contributed by atoms with Gasteiger partial charge in [0.15, 0.2) is 5.78 Å². The summed E-state index contributed by atoms with van der Waals surface area (Å²) in [6.07, 6.45) is 3.26. The van der Waals surface area contributed by atoms with Crippen LogP contribution < -0.4 is 4.74 Å². The number of carbonyl (C=O) groups excluding carboxylic acids is 1. The van der Waals surface area contributed by atoms with E-state index in [0.29, 0.717) is 16.9 Å². The van der Waals surface area contributed by atoms with Gasteiger partial charge in [0.2, 0.25) is 0 Å². The van der Waals surface area contributed by atoms with Crippen LogP contribution in [0.4, 0.5) is 0 Å². The highest BCUT2D eigenvalue weighted by Gasteiger charge is 2.14. The fourth-order valence-electron chi connectivity index (χ4n) is 1.67. The Hall–Kier alpha value is -2.16. The van der Waals surface area contributed by atoms with Crippen LogP contribution in [0.2, 0.25) is 0 Å². The maximum Gasteiger partial charge on any atom is 0.196 e. The smallest absolute Gasteiger partial charge is 0.196 e. The Morgan fingerprint density at radius 1 is 1.11 bits per heavy atom. The number of para-hydroxylation sites is 1. The van der Waals surface area contributed by atoms with Gasteiger partial charge in [-0.3, -0.25) is 9.78 Å². The van der Waals surface area contributed by atoms with Crippen LogP contribution in [-0.4, -0.2) is 16.9 Å². The van der Waals surface area contributed by atoms with E-state index in [4.69, 9.17) is 4.74 Å². The number of ether oxygens (including phenoxy) is 1. The van der Waals surface area contributed by atoms with E-state index in [1.54, 1.807) is 30.6 Å². The lowest BCUT2D eigenvalue weighted by atomic mass is 10.0. The number of aromatic nitrogens is 1. The molecule has 3 nitrogen and oxygen atoms in total. The average molecular weight is 241 g/mol. The van der Waals surface area contributed by atoms with Crippen molar-refractivity contribution in [3.63, 3.8) is 0 Å². The lowest BCUT2D eigenvalue weighted by molar-refractivity contribution is 0.103. The summed E-state index contributed by atoms with van der Waals surface area (Å²) in [6, 6.07) is 10.7. The Morgan fingerprint density at radius 3 is 2.44 bits per heavy atom. The molecule has 0 fully saturated rings. The predicted molar refractivity (Wildman–Crippen MR) is 69.9 cm³/mol. The van der Waals surface area contributed by atoms with Gasteiger partial charge < -0.3 is 4.74 Å². The van der Waals surface area contributed by atoms with Crippen molar-refractivity contribution in [1.82, 2.24) is 4.98 Å². The molecule has 2 aromatic rings. The third kappa shape index (κ3) is 2.74. The van der Waals surface area contributed by atoms with E-state index in [1.807, 2.05) is 32.0 Å². The summed E-state index contributed by atoms with van der Waals surface area (Å²) in [5, 5.41) is 0. The molecule has 0 saturated heterocycles. The summed E-state index contributed by atoms with van der Waals surface area (Å²) in [6.45, 7) is 3.88. The number of ketones is 1. The molecule has 92 valence electrons. The largest absolute Gasteiger partial charge is 0.490 e. The first-order valence-corrected chi connectivity index (χ1v) is 5.89. The van der Waals surface area contributed by atoms with Crippen LogP contribution in [0, 0.1) is 0 Å². The van der Waals surface area contributed by atoms with Gasteiger partial charge in [-0.05, 0) is 38.1 Å². The number of nitrogens with zero attached hydrogens (tertiary/aromatic N) is 1. The molecule has 0 amide bonds. The van der Waals surface area contributed by atoms with Gasteiger partial charge in [0.05, 0.1) is 11.7 Å². The maximum atomic E-state index is 12.3. The molecular weight excluding hydrogens is 226 g/mol. The van der Waals surface area contributed by atoms with E-state index in [9.17, 15) is 4.79 Å². The van der Waals surface area contributed by atoms with E-state index >= 15 is 0 Å². The lowest BCUT2D eigenvalue weighted by Gasteiger charge is -2.13. The van der Waals surface area contributed by atoms with Gasteiger partial charge in [0.25, 0.3) is 0 Å². The van der Waals surface area contributed by atoms with Crippen LogP contribution in [0.1, 0.15) is 29.8 Å². The Morgan fingerprint density at radius 2 is 1.78 bits per heavy atom. The van der Waals surface area contributed by atoms with Crippen molar-refractivity contribution in [3.8, 4) is 5.75 Å². The Kier molecular flexibility index (Phi) is 3.72. The van der Waals surface area contributed by atoms with Crippen molar-refractivity contribution in [3.05, 3.63) is 59.9 Å². The molecule has 0 aliphatic rings. The quantitative estimate of drug-likeness (QED) is 0.772. The molecule has 0 atom stereocenters. The molecule has 0 bridgehead atoms. The second-order valence-corrected chi connectivity index (χ2v) is 4.23. The van der Waals surface area contributed by atoms with Crippen LogP contribution in [0.5, 0.6) is 5.75 Å². The number of hydrogen-bond acceptors (Lipinski definition) is 3. The van der Waals surface area contributed by atoms with Gasteiger partial charge in [-0.15, -0.1) is 0 Å². The second kappa shape index (κ2) is 5.45. The van der Waals surface area contributed by atoms with Crippen LogP contribution >= 0.6 is 0 Å². The molecule has 0 aliphatic heterocycles. The summed E-state index contributed by atoms with van der Waals surface area (Å²) in [5.41, 5.74) is 1.20. The predicted octanol–water partition coefficient (Wildman–Crippen LogP) is 3.10. The summed E-state index contributed by atoms with van der Waals surface area (Å²) in [7, 11) is 0. The van der Waals surface area contributed by atoms with Gasteiger partial charge in [0, 0.05) is 18.0 Å². The zero-order chi connectivity index (χ0) is 13.0. The molecule has 0 N–H and O–H groups in total. The molecule has 0 unspecified atom stereocenters. The van der Waals surface area contributed by atoms with E-state index in [2.05, 4.69) is 4.98 Å². The molecule has 2 rings (SSSR count). The van der Waals surface area contributed by atoms with Gasteiger partial charge in [-0.25, -0.2) is 0 Å². The summed E-state index contributed by atoms with van der Waals surface area (Å²) >= 11 is 0. The van der Waals surface area contributed by atoms with Crippen molar-refractivity contribution in [2.24, 2.45) is 0 Å². The third-order valence-electron chi connectivity index (χ3n) is 2.44. The molecule has 1 heterocycles. The fourth-order valence-corrected chi connectivity index (χ4v) is 1.67. The second-order valence-electron chi connectivity index (χ2n) is 4.23. The number of rotatable bonds is 4. The van der Waals surface area contributed by atoms with Crippen molar-refractivity contribution >= 4 is 5.78 Å². The van der Waals surface area contributed by atoms with Gasteiger partial charge in [0.1, 0.15) is 5.75 Å². The molecule has 3 heteroatoms. The Balaban J connectivity index is 2.36. The van der Waals surface area contributed by atoms with Crippen LogP contribution in [0.25, 0.3) is 0 Å². The molecular formula is C15H15NO2. The zero-order valence-electron chi connectivity index (χ0n) is 10.5. The highest BCUT2D eigenvalue weighted by atomic mass is 16.5. The van der Waals surface area contributed by atoms with Gasteiger partial charge in [-0.2, -0.15) is 0 Å². The minimum absolute atomic E-state index is 0.0383.